The van der Waals surface area contributed by atoms with Gasteiger partial charge in [0.1, 0.15) is 5.82 Å². The molecule has 0 spiro atoms. The van der Waals surface area contributed by atoms with E-state index >= 15 is 0 Å². The summed E-state index contributed by atoms with van der Waals surface area (Å²) < 4.78 is 15.5. The molecule has 1 aliphatic heterocycles. The van der Waals surface area contributed by atoms with Gasteiger partial charge in [-0.3, -0.25) is 14.3 Å². The third-order valence-electron chi connectivity index (χ3n) is 7.59. The van der Waals surface area contributed by atoms with Crippen LogP contribution >= 0.6 is 46.4 Å². The van der Waals surface area contributed by atoms with Crippen LogP contribution in [0.3, 0.4) is 0 Å². The third kappa shape index (κ3) is 5.87. The number of hydrogen-bond donors (Lipinski definition) is 0. The van der Waals surface area contributed by atoms with Gasteiger partial charge < -0.3 is 0 Å². The summed E-state index contributed by atoms with van der Waals surface area (Å²) in [6, 6.07) is 14.9. The molecule has 3 aromatic carbocycles. The summed E-state index contributed by atoms with van der Waals surface area (Å²) in [6.45, 7) is 8.84. The topological polar surface area (TPSA) is 25.2 Å². The Labute approximate surface area is 248 Å². The first-order valence-corrected chi connectivity index (χ1v) is 14.5. The van der Waals surface area contributed by atoms with E-state index in [4.69, 9.17) is 46.4 Å². The molecule has 1 aromatic heterocycles. The lowest BCUT2D eigenvalue weighted by molar-refractivity contribution is 0.0876. The first-order valence-electron chi connectivity index (χ1n) is 13.0. The molecule has 8 heteroatoms. The second-order valence-corrected chi connectivity index (χ2v) is 12.9. The van der Waals surface area contributed by atoms with Crippen LogP contribution in [0, 0.1) is 11.7 Å². The molecule has 204 valence electrons. The van der Waals surface area contributed by atoms with E-state index in [0.717, 1.165) is 48.9 Å². The summed E-state index contributed by atoms with van der Waals surface area (Å²) in [7, 11) is 0. The standard InChI is InChI=1S/C31H29Cl4FN2O/c1-31(2,3)37-10-8-18(9-11-37)12-19-13-24(22-5-4-21(36)17-25(22)33)23-6-7-29(39)38(28(23)14-19)30-26(34)15-20(32)16-27(30)35/h4-7,13-18H,8-12H2,1-3H3. The van der Waals surface area contributed by atoms with E-state index < -0.39 is 5.82 Å². The van der Waals surface area contributed by atoms with Crippen molar-refractivity contribution in [3.05, 3.63) is 96.4 Å². The number of benzene rings is 3. The zero-order valence-corrected chi connectivity index (χ0v) is 25.0. The summed E-state index contributed by atoms with van der Waals surface area (Å²) in [4.78, 5) is 15.9. The first-order chi connectivity index (χ1) is 18.4. The fourth-order valence-electron chi connectivity index (χ4n) is 5.57. The van der Waals surface area contributed by atoms with Crippen molar-refractivity contribution < 1.29 is 4.39 Å². The highest BCUT2D eigenvalue weighted by Crippen LogP contribution is 2.39. The molecule has 0 saturated carbocycles. The normalized spacial score (nSPS) is 15.3. The van der Waals surface area contributed by atoms with Crippen LogP contribution in [0.15, 0.2) is 59.4 Å². The molecule has 1 saturated heterocycles. The average molecular weight is 606 g/mol. The molecule has 0 radical (unpaired) electrons. The zero-order chi connectivity index (χ0) is 28.1. The Morgan fingerprint density at radius 2 is 1.51 bits per heavy atom. The Hall–Kier alpha value is -2.08. The Kier molecular flexibility index (Phi) is 8.07. The molecule has 3 nitrogen and oxygen atoms in total. The number of rotatable bonds is 4. The van der Waals surface area contributed by atoms with Gasteiger partial charge in [0.15, 0.2) is 0 Å². The highest BCUT2D eigenvalue weighted by atomic mass is 35.5. The fraction of sp³-hybridized carbons (Fsp3) is 0.323. The van der Waals surface area contributed by atoms with E-state index in [1.54, 1.807) is 24.3 Å². The number of likely N-dealkylation sites (tertiary alicyclic amines) is 1. The molecule has 5 rings (SSSR count). The quantitative estimate of drug-likeness (QED) is 0.231. The number of hydrogen-bond acceptors (Lipinski definition) is 2. The summed E-state index contributed by atoms with van der Waals surface area (Å²) in [5, 5.41) is 1.98. The summed E-state index contributed by atoms with van der Waals surface area (Å²) in [5.74, 6) is 0.0793. The average Bonchev–Trinajstić information content (AvgIpc) is 2.84. The number of piperidine rings is 1. The second-order valence-electron chi connectivity index (χ2n) is 11.2. The highest BCUT2D eigenvalue weighted by molar-refractivity contribution is 6.40. The van der Waals surface area contributed by atoms with Gasteiger partial charge in [-0.15, -0.1) is 0 Å². The van der Waals surface area contributed by atoms with Crippen LogP contribution in [0.2, 0.25) is 20.1 Å². The van der Waals surface area contributed by atoms with Crippen molar-refractivity contribution in [1.29, 1.82) is 0 Å². The van der Waals surface area contributed by atoms with Gasteiger partial charge in [0.25, 0.3) is 5.56 Å². The van der Waals surface area contributed by atoms with E-state index in [1.807, 2.05) is 6.07 Å². The van der Waals surface area contributed by atoms with E-state index in [1.165, 1.54) is 22.8 Å². The van der Waals surface area contributed by atoms with Gasteiger partial charge in [-0.2, -0.15) is 0 Å². The summed E-state index contributed by atoms with van der Waals surface area (Å²) in [5.41, 5.74) is 3.44. The number of halogens is 5. The highest BCUT2D eigenvalue weighted by Gasteiger charge is 2.27. The number of pyridine rings is 1. The number of nitrogens with zero attached hydrogens (tertiary/aromatic N) is 2. The van der Waals surface area contributed by atoms with Crippen LogP contribution < -0.4 is 5.56 Å². The maximum Gasteiger partial charge on any atom is 0.255 e. The van der Waals surface area contributed by atoms with Crippen LogP contribution in [0.25, 0.3) is 27.7 Å². The molecule has 4 aromatic rings. The van der Waals surface area contributed by atoms with Gasteiger partial charge in [0, 0.05) is 27.6 Å². The van der Waals surface area contributed by atoms with Gasteiger partial charge in [0.2, 0.25) is 0 Å². The zero-order valence-electron chi connectivity index (χ0n) is 22.0. The van der Waals surface area contributed by atoms with Crippen LogP contribution in [0.4, 0.5) is 4.39 Å². The summed E-state index contributed by atoms with van der Waals surface area (Å²) in [6.07, 6.45) is 3.00. The van der Waals surface area contributed by atoms with Crippen molar-refractivity contribution in [2.24, 2.45) is 5.92 Å². The molecule has 0 bridgehead atoms. The molecule has 0 N–H and O–H groups in total. The molecular weight excluding hydrogens is 577 g/mol. The van der Waals surface area contributed by atoms with Gasteiger partial charge in [-0.25, -0.2) is 4.39 Å². The van der Waals surface area contributed by atoms with E-state index in [0.29, 0.717) is 32.7 Å². The molecule has 0 atom stereocenters. The Balaban J connectivity index is 1.69. The monoisotopic (exact) mass is 604 g/mol. The van der Waals surface area contributed by atoms with E-state index in [2.05, 4.69) is 31.7 Å². The van der Waals surface area contributed by atoms with Crippen molar-refractivity contribution >= 4 is 57.3 Å². The SMILES string of the molecule is CC(C)(C)N1CCC(Cc2cc(-c3ccc(F)cc3Cl)c3ccc(=O)n(-c4c(Cl)cc(Cl)cc4Cl)c3c2)CC1. The van der Waals surface area contributed by atoms with Crippen molar-refractivity contribution in [3.63, 3.8) is 0 Å². The summed E-state index contributed by atoms with van der Waals surface area (Å²) >= 11 is 25.9. The number of fused-ring (bicyclic) bond motifs is 1. The smallest absolute Gasteiger partial charge is 0.255 e. The van der Waals surface area contributed by atoms with Gasteiger partial charge in [-0.1, -0.05) is 52.5 Å². The molecule has 2 heterocycles. The number of aromatic nitrogens is 1. The van der Waals surface area contributed by atoms with Crippen LogP contribution in [-0.2, 0) is 6.42 Å². The lowest BCUT2D eigenvalue weighted by atomic mass is 9.86. The van der Waals surface area contributed by atoms with Crippen molar-refractivity contribution in [3.8, 4) is 16.8 Å². The maximum atomic E-state index is 14.0. The molecule has 39 heavy (non-hydrogen) atoms. The van der Waals surface area contributed by atoms with Gasteiger partial charge in [0.05, 0.1) is 26.3 Å². The van der Waals surface area contributed by atoms with Gasteiger partial charge >= 0.3 is 0 Å². The molecule has 0 amide bonds. The first kappa shape index (κ1) is 28.4. The van der Waals surface area contributed by atoms with Crippen molar-refractivity contribution in [2.45, 2.75) is 45.6 Å². The predicted molar refractivity (Wildman–Crippen MR) is 163 cm³/mol. The minimum atomic E-state index is -0.411. The van der Waals surface area contributed by atoms with E-state index in [9.17, 15) is 9.18 Å². The van der Waals surface area contributed by atoms with Crippen LogP contribution in [0.1, 0.15) is 39.2 Å². The van der Waals surface area contributed by atoms with E-state index in [-0.39, 0.29) is 21.1 Å². The lowest BCUT2D eigenvalue weighted by Gasteiger charge is -2.41. The third-order valence-corrected chi connectivity index (χ3v) is 8.69. The molecule has 0 unspecified atom stereocenters. The lowest BCUT2D eigenvalue weighted by Crippen LogP contribution is -2.46. The molecule has 1 fully saturated rings. The Morgan fingerprint density at radius 3 is 2.13 bits per heavy atom. The molecule has 0 aliphatic carbocycles. The fourth-order valence-corrected chi connectivity index (χ4v) is 6.83. The largest absolute Gasteiger partial charge is 0.298 e. The van der Waals surface area contributed by atoms with Crippen molar-refractivity contribution in [1.82, 2.24) is 9.47 Å². The Bertz CT molecular complexity index is 1590. The molecule has 1 aliphatic rings. The van der Waals surface area contributed by atoms with Crippen LogP contribution in [0.5, 0.6) is 0 Å². The van der Waals surface area contributed by atoms with Crippen molar-refractivity contribution in [2.75, 3.05) is 13.1 Å². The minimum Gasteiger partial charge on any atom is -0.298 e. The van der Waals surface area contributed by atoms with Crippen LogP contribution in [-0.4, -0.2) is 28.1 Å². The predicted octanol–water partition coefficient (Wildman–Crippen LogP) is 9.46. The second kappa shape index (κ2) is 11.1. The maximum absolute atomic E-state index is 14.0. The molecular formula is C31H29Cl4FN2O. The minimum absolute atomic E-state index is 0.146. The Morgan fingerprint density at radius 1 is 0.846 bits per heavy atom. The van der Waals surface area contributed by atoms with Gasteiger partial charge in [-0.05, 0) is 113 Å².